The van der Waals surface area contributed by atoms with E-state index in [1.165, 1.54) is 37.1 Å². The van der Waals surface area contributed by atoms with Crippen molar-refractivity contribution in [2.24, 2.45) is 0 Å². The highest BCUT2D eigenvalue weighted by atomic mass is 19.3. The van der Waals surface area contributed by atoms with Gasteiger partial charge in [0.05, 0.1) is 0 Å². The quantitative estimate of drug-likeness (QED) is 0.832. The maximum absolute atomic E-state index is 13.2. The zero-order valence-electron chi connectivity index (χ0n) is 13.8. The number of nitrogens with zero attached hydrogens (tertiary/aromatic N) is 2. The van der Waals surface area contributed by atoms with Crippen molar-refractivity contribution in [3.05, 3.63) is 35.4 Å². The molecule has 23 heavy (non-hydrogen) atoms. The van der Waals surface area contributed by atoms with E-state index in [0.29, 0.717) is 5.56 Å². The van der Waals surface area contributed by atoms with Crippen LogP contribution in [0.5, 0.6) is 0 Å². The fourth-order valence-electron chi connectivity index (χ4n) is 3.92. The van der Waals surface area contributed by atoms with E-state index in [1.54, 1.807) is 0 Å². The fraction of sp³-hybridized carbons (Fsp3) is 0.611. The summed E-state index contributed by atoms with van der Waals surface area (Å²) >= 11 is 0. The number of likely N-dealkylation sites (tertiary alicyclic amines) is 2. The Bertz CT molecular complexity index is 572. The van der Waals surface area contributed by atoms with Gasteiger partial charge in [0, 0.05) is 36.7 Å². The molecule has 0 saturated carbocycles. The number of piperidine rings is 1. The largest absolute Gasteiger partial charge is 0.339 e. The van der Waals surface area contributed by atoms with Gasteiger partial charge in [0.1, 0.15) is 0 Å². The van der Waals surface area contributed by atoms with E-state index >= 15 is 0 Å². The standard InChI is InChI=1S/C18H24F2N2O/c1-17(19,20)15-6-4-14(5-7-15)16(23)22-12-9-18(10-13-22)8-3-11-21(18)2/h4-7H,3,8-13H2,1-2H3. The molecule has 3 nitrogen and oxygen atoms in total. The molecule has 5 heteroatoms. The smallest absolute Gasteiger partial charge is 0.270 e. The Hall–Kier alpha value is -1.49. The molecule has 1 amide bonds. The normalized spacial score (nSPS) is 21.8. The Morgan fingerprint density at radius 2 is 1.70 bits per heavy atom. The molecule has 1 spiro atoms. The van der Waals surface area contributed by atoms with Gasteiger partial charge in [0.2, 0.25) is 0 Å². The first-order valence-electron chi connectivity index (χ1n) is 8.31. The molecule has 2 heterocycles. The third kappa shape index (κ3) is 3.11. The van der Waals surface area contributed by atoms with Gasteiger partial charge in [0.15, 0.2) is 0 Å². The lowest BCUT2D eigenvalue weighted by atomic mass is 9.85. The number of rotatable bonds is 2. The second-order valence-corrected chi connectivity index (χ2v) is 7.01. The minimum Gasteiger partial charge on any atom is -0.339 e. The maximum atomic E-state index is 13.2. The Morgan fingerprint density at radius 1 is 1.09 bits per heavy atom. The van der Waals surface area contributed by atoms with E-state index in [2.05, 4.69) is 11.9 Å². The van der Waals surface area contributed by atoms with Crippen LogP contribution in [0.4, 0.5) is 8.78 Å². The highest BCUT2D eigenvalue weighted by molar-refractivity contribution is 5.94. The predicted octanol–water partition coefficient (Wildman–Crippen LogP) is 3.50. The van der Waals surface area contributed by atoms with Crippen LogP contribution >= 0.6 is 0 Å². The number of hydrogen-bond acceptors (Lipinski definition) is 2. The maximum Gasteiger partial charge on any atom is 0.270 e. The van der Waals surface area contributed by atoms with Crippen molar-refractivity contribution in [1.82, 2.24) is 9.80 Å². The molecule has 0 radical (unpaired) electrons. The second kappa shape index (κ2) is 5.86. The third-order valence-electron chi connectivity index (χ3n) is 5.57. The predicted molar refractivity (Wildman–Crippen MR) is 85.7 cm³/mol. The number of halogens is 2. The monoisotopic (exact) mass is 322 g/mol. The summed E-state index contributed by atoms with van der Waals surface area (Å²) in [6, 6.07) is 5.73. The molecule has 0 bridgehead atoms. The van der Waals surface area contributed by atoms with Crippen molar-refractivity contribution in [3.63, 3.8) is 0 Å². The van der Waals surface area contributed by atoms with Crippen LogP contribution in [0.3, 0.4) is 0 Å². The molecule has 2 fully saturated rings. The Kier molecular flexibility index (Phi) is 4.17. The van der Waals surface area contributed by atoms with Crippen LogP contribution in [0, 0.1) is 0 Å². The lowest BCUT2D eigenvalue weighted by Gasteiger charge is -2.43. The van der Waals surface area contributed by atoms with Gasteiger partial charge in [-0.25, -0.2) is 8.78 Å². The molecular weight excluding hydrogens is 298 g/mol. The molecule has 2 aliphatic heterocycles. The van der Waals surface area contributed by atoms with Gasteiger partial charge in [-0.15, -0.1) is 0 Å². The summed E-state index contributed by atoms with van der Waals surface area (Å²) in [5, 5.41) is 0. The molecule has 3 rings (SSSR count). The van der Waals surface area contributed by atoms with E-state index in [1.807, 2.05) is 4.90 Å². The van der Waals surface area contributed by atoms with Crippen LogP contribution in [0.1, 0.15) is 48.5 Å². The van der Waals surface area contributed by atoms with Crippen LogP contribution < -0.4 is 0 Å². The molecule has 2 aliphatic rings. The second-order valence-electron chi connectivity index (χ2n) is 7.01. The van der Waals surface area contributed by atoms with Crippen LogP contribution in [0.25, 0.3) is 0 Å². The number of alkyl halides is 2. The fourth-order valence-corrected chi connectivity index (χ4v) is 3.92. The van der Waals surface area contributed by atoms with E-state index in [0.717, 1.165) is 39.4 Å². The van der Waals surface area contributed by atoms with Gasteiger partial charge < -0.3 is 9.80 Å². The van der Waals surface area contributed by atoms with Gasteiger partial charge in [-0.2, -0.15) is 0 Å². The minimum atomic E-state index is -2.87. The Labute approximate surface area is 136 Å². The summed E-state index contributed by atoms with van der Waals surface area (Å²) in [5.74, 6) is -2.92. The van der Waals surface area contributed by atoms with Gasteiger partial charge in [-0.3, -0.25) is 4.79 Å². The van der Waals surface area contributed by atoms with E-state index in [-0.39, 0.29) is 17.0 Å². The molecule has 0 aliphatic carbocycles. The first kappa shape index (κ1) is 16.4. The lowest BCUT2D eigenvalue weighted by molar-refractivity contribution is 0.0174. The first-order valence-corrected chi connectivity index (χ1v) is 8.31. The molecule has 0 atom stereocenters. The highest BCUT2D eigenvalue weighted by Crippen LogP contribution is 2.37. The molecule has 1 aromatic carbocycles. The van der Waals surface area contributed by atoms with Crippen LogP contribution in [0.2, 0.25) is 0 Å². The molecule has 0 N–H and O–H groups in total. The van der Waals surface area contributed by atoms with Gasteiger partial charge in [-0.1, -0.05) is 12.1 Å². The van der Waals surface area contributed by atoms with Crippen LogP contribution in [0.15, 0.2) is 24.3 Å². The van der Waals surface area contributed by atoms with Crippen molar-refractivity contribution < 1.29 is 13.6 Å². The molecule has 1 aromatic rings. The van der Waals surface area contributed by atoms with Gasteiger partial charge >= 0.3 is 0 Å². The average Bonchev–Trinajstić information content (AvgIpc) is 2.87. The highest BCUT2D eigenvalue weighted by Gasteiger charge is 2.41. The Morgan fingerprint density at radius 3 is 2.17 bits per heavy atom. The summed E-state index contributed by atoms with van der Waals surface area (Å²) in [6.07, 6.45) is 4.45. The Balaban J connectivity index is 1.65. The summed E-state index contributed by atoms with van der Waals surface area (Å²) in [5.41, 5.74) is 0.707. The van der Waals surface area contributed by atoms with Crippen molar-refractivity contribution >= 4 is 5.91 Å². The van der Waals surface area contributed by atoms with Crippen molar-refractivity contribution in [1.29, 1.82) is 0 Å². The summed E-state index contributed by atoms with van der Waals surface area (Å²) in [4.78, 5) is 16.9. The molecule has 2 saturated heterocycles. The number of carbonyl (C=O) groups is 1. The van der Waals surface area contributed by atoms with E-state index in [4.69, 9.17) is 0 Å². The third-order valence-corrected chi connectivity index (χ3v) is 5.57. The van der Waals surface area contributed by atoms with Gasteiger partial charge in [-0.05, 0) is 51.4 Å². The first-order chi connectivity index (χ1) is 10.8. The average molecular weight is 322 g/mol. The number of benzene rings is 1. The summed E-state index contributed by atoms with van der Waals surface area (Å²) in [7, 11) is 2.17. The SMILES string of the molecule is CN1CCCC12CCN(C(=O)c1ccc(C(C)(F)F)cc1)CC2. The van der Waals surface area contributed by atoms with Crippen LogP contribution in [-0.4, -0.2) is 47.9 Å². The van der Waals surface area contributed by atoms with Crippen LogP contribution in [-0.2, 0) is 5.92 Å². The van der Waals surface area contributed by atoms with Crippen molar-refractivity contribution in [2.75, 3.05) is 26.7 Å². The minimum absolute atomic E-state index is 0.0496. The molecule has 126 valence electrons. The summed E-state index contributed by atoms with van der Waals surface area (Å²) < 4.78 is 26.5. The van der Waals surface area contributed by atoms with Gasteiger partial charge in [0.25, 0.3) is 11.8 Å². The lowest BCUT2D eigenvalue weighted by Crippen LogP contribution is -2.51. The van der Waals surface area contributed by atoms with E-state index in [9.17, 15) is 13.6 Å². The molecular formula is C18H24F2N2O. The van der Waals surface area contributed by atoms with E-state index < -0.39 is 5.92 Å². The molecule has 0 unspecified atom stereocenters. The summed E-state index contributed by atoms with van der Waals surface area (Å²) in [6.45, 7) is 3.50. The molecule has 0 aromatic heterocycles. The number of amides is 1. The zero-order chi connectivity index (χ0) is 16.7. The number of carbonyl (C=O) groups excluding carboxylic acids is 1. The van der Waals surface area contributed by atoms with Crippen molar-refractivity contribution in [2.45, 2.75) is 44.1 Å². The topological polar surface area (TPSA) is 23.6 Å². The number of hydrogen-bond donors (Lipinski definition) is 0. The van der Waals surface area contributed by atoms with Crippen molar-refractivity contribution in [3.8, 4) is 0 Å². The zero-order valence-corrected chi connectivity index (χ0v) is 13.8.